The third-order valence-electron chi connectivity index (χ3n) is 5.11. The first-order chi connectivity index (χ1) is 14.8. The van der Waals surface area contributed by atoms with Gasteiger partial charge in [0, 0.05) is 41.5 Å². The maximum atomic E-state index is 14.3. The number of fused-ring (bicyclic) bond motifs is 1. The van der Waals surface area contributed by atoms with E-state index in [2.05, 4.69) is 28.9 Å². The predicted octanol–water partition coefficient (Wildman–Crippen LogP) is 4.87. The van der Waals surface area contributed by atoms with E-state index in [0.29, 0.717) is 27.9 Å². The largest absolute Gasteiger partial charge is 0.342 e. The van der Waals surface area contributed by atoms with Crippen molar-refractivity contribution in [1.82, 2.24) is 24.5 Å². The average molecular weight is 464 g/mol. The van der Waals surface area contributed by atoms with Crippen LogP contribution >= 0.6 is 23.4 Å². The van der Waals surface area contributed by atoms with Crippen LogP contribution in [0, 0.1) is 19.7 Å². The van der Waals surface area contributed by atoms with Crippen LogP contribution in [0.1, 0.15) is 49.2 Å². The van der Waals surface area contributed by atoms with E-state index in [1.807, 2.05) is 18.7 Å². The Bertz CT molecular complexity index is 1060. The van der Waals surface area contributed by atoms with Crippen molar-refractivity contribution in [3.8, 4) is 0 Å². The molecule has 0 atom stereocenters. The number of carbonyl (C=O) groups is 1. The van der Waals surface area contributed by atoms with Crippen molar-refractivity contribution in [3.63, 3.8) is 0 Å². The molecule has 1 amide bonds. The second-order valence-electron chi connectivity index (χ2n) is 7.41. The Morgan fingerprint density at radius 1 is 1.16 bits per heavy atom. The van der Waals surface area contributed by atoms with Gasteiger partial charge in [-0.3, -0.25) is 4.79 Å². The standard InChI is InChI=1S/C22H27ClFN5OS/c1-5-10-28(11-6-2)20(30)13-31-22-26-21-25-14(3)16(15(4)29(21)27-22)12-17-18(23)8-7-9-19(17)24/h7-9H,5-6,10-13H2,1-4H3. The van der Waals surface area contributed by atoms with Gasteiger partial charge >= 0.3 is 0 Å². The zero-order valence-electron chi connectivity index (χ0n) is 18.3. The number of rotatable bonds is 9. The van der Waals surface area contributed by atoms with E-state index >= 15 is 0 Å². The molecule has 31 heavy (non-hydrogen) atoms. The Morgan fingerprint density at radius 3 is 2.52 bits per heavy atom. The van der Waals surface area contributed by atoms with E-state index < -0.39 is 0 Å². The van der Waals surface area contributed by atoms with Crippen LogP contribution in [0.3, 0.4) is 0 Å². The molecule has 0 aliphatic heterocycles. The average Bonchev–Trinajstić information content (AvgIpc) is 3.14. The van der Waals surface area contributed by atoms with Gasteiger partial charge in [0.05, 0.1) is 5.75 Å². The summed E-state index contributed by atoms with van der Waals surface area (Å²) in [4.78, 5) is 23.4. The molecule has 0 spiro atoms. The van der Waals surface area contributed by atoms with E-state index in [0.717, 1.165) is 42.9 Å². The van der Waals surface area contributed by atoms with Crippen LogP contribution in [-0.2, 0) is 11.2 Å². The van der Waals surface area contributed by atoms with Crippen molar-refractivity contribution in [2.75, 3.05) is 18.8 Å². The topological polar surface area (TPSA) is 63.4 Å². The van der Waals surface area contributed by atoms with Crippen LogP contribution in [0.2, 0.25) is 5.02 Å². The lowest BCUT2D eigenvalue weighted by Crippen LogP contribution is -2.33. The number of thioether (sulfide) groups is 1. The summed E-state index contributed by atoms with van der Waals surface area (Å²) in [6, 6.07) is 4.67. The minimum atomic E-state index is -0.344. The van der Waals surface area contributed by atoms with Crippen molar-refractivity contribution in [1.29, 1.82) is 0 Å². The molecule has 2 heterocycles. The summed E-state index contributed by atoms with van der Waals surface area (Å²) in [5.74, 6) is 0.492. The van der Waals surface area contributed by atoms with Crippen LogP contribution in [0.4, 0.5) is 4.39 Å². The van der Waals surface area contributed by atoms with Crippen LogP contribution in [-0.4, -0.2) is 49.2 Å². The Hall–Kier alpha value is -2.19. The highest BCUT2D eigenvalue weighted by Gasteiger charge is 2.18. The molecule has 0 aliphatic rings. The van der Waals surface area contributed by atoms with Gasteiger partial charge in [-0.25, -0.2) is 13.9 Å². The lowest BCUT2D eigenvalue weighted by molar-refractivity contribution is -0.128. The minimum absolute atomic E-state index is 0.0864. The Morgan fingerprint density at radius 2 is 1.87 bits per heavy atom. The molecule has 2 aromatic heterocycles. The summed E-state index contributed by atoms with van der Waals surface area (Å²) in [5.41, 5.74) is 2.87. The van der Waals surface area contributed by atoms with E-state index in [4.69, 9.17) is 11.6 Å². The van der Waals surface area contributed by atoms with Crippen molar-refractivity contribution in [2.45, 2.75) is 52.1 Å². The van der Waals surface area contributed by atoms with Gasteiger partial charge in [0.1, 0.15) is 5.82 Å². The van der Waals surface area contributed by atoms with Crippen molar-refractivity contribution in [3.05, 3.63) is 51.6 Å². The molecule has 0 saturated carbocycles. The number of hydrogen-bond acceptors (Lipinski definition) is 5. The molecule has 0 unspecified atom stereocenters. The first kappa shape index (κ1) is 23.5. The number of aryl methyl sites for hydroxylation is 2. The molecule has 0 radical (unpaired) electrons. The number of carbonyl (C=O) groups excluding carboxylic acids is 1. The van der Waals surface area contributed by atoms with Crippen LogP contribution in [0.15, 0.2) is 23.4 Å². The molecular weight excluding hydrogens is 437 g/mol. The zero-order chi connectivity index (χ0) is 22.5. The summed E-state index contributed by atoms with van der Waals surface area (Å²) >= 11 is 7.52. The number of halogens is 2. The minimum Gasteiger partial charge on any atom is -0.342 e. The molecule has 0 bridgehead atoms. The van der Waals surface area contributed by atoms with E-state index in [1.54, 1.807) is 16.6 Å². The highest BCUT2D eigenvalue weighted by Crippen LogP contribution is 2.26. The summed E-state index contributed by atoms with van der Waals surface area (Å²) in [6.45, 7) is 9.42. The lowest BCUT2D eigenvalue weighted by Gasteiger charge is -2.20. The quantitative estimate of drug-likeness (QED) is 0.424. The monoisotopic (exact) mass is 463 g/mol. The van der Waals surface area contributed by atoms with E-state index in [1.165, 1.54) is 17.8 Å². The third kappa shape index (κ3) is 5.36. The number of benzene rings is 1. The Labute approximate surface area is 191 Å². The fourth-order valence-electron chi connectivity index (χ4n) is 3.50. The van der Waals surface area contributed by atoms with Gasteiger partial charge in [0.25, 0.3) is 5.78 Å². The fourth-order valence-corrected chi connectivity index (χ4v) is 4.45. The van der Waals surface area contributed by atoms with Gasteiger partial charge in [-0.05, 0) is 44.4 Å². The molecule has 0 fully saturated rings. The van der Waals surface area contributed by atoms with Gasteiger partial charge in [0.2, 0.25) is 11.1 Å². The summed E-state index contributed by atoms with van der Waals surface area (Å²) in [7, 11) is 0. The maximum Gasteiger partial charge on any atom is 0.253 e. The van der Waals surface area contributed by atoms with Gasteiger partial charge in [-0.2, -0.15) is 4.98 Å². The third-order valence-corrected chi connectivity index (χ3v) is 6.29. The predicted molar refractivity (Wildman–Crippen MR) is 122 cm³/mol. The molecule has 3 aromatic rings. The normalized spacial score (nSPS) is 11.3. The molecule has 0 N–H and O–H groups in total. The first-order valence-electron chi connectivity index (χ1n) is 10.4. The maximum absolute atomic E-state index is 14.3. The molecule has 3 rings (SSSR count). The van der Waals surface area contributed by atoms with Gasteiger partial charge in [0.15, 0.2) is 0 Å². The number of hydrogen-bond donors (Lipinski definition) is 0. The molecule has 0 saturated heterocycles. The fraction of sp³-hybridized carbons (Fsp3) is 0.455. The zero-order valence-corrected chi connectivity index (χ0v) is 19.9. The van der Waals surface area contributed by atoms with Crippen molar-refractivity contribution >= 4 is 35.0 Å². The first-order valence-corrected chi connectivity index (χ1v) is 11.8. The highest BCUT2D eigenvalue weighted by atomic mass is 35.5. The summed E-state index contributed by atoms with van der Waals surface area (Å²) in [6.07, 6.45) is 2.18. The van der Waals surface area contributed by atoms with Gasteiger partial charge < -0.3 is 4.90 Å². The number of aromatic nitrogens is 4. The SMILES string of the molecule is CCCN(CCC)C(=O)CSc1nc2nc(C)c(Cc3c(F)cccc3Cl)c(C)n2n1. The van der Waals surface area contributed by atoms with Crippen LogP contribution < -0.4 is 0 Å². The molecule has 9 heteroatoms. The van der Waals surface area contributed by atoms with Crippen molar-refractivity contribution in [2.24, 2.45) is 0 Å². The summed E-state index contributed by atoms with van der Waals surface area (Å²) < 4.78 is 15.9. The molecule has 0 aliphatic carbocycles. The number of nitrogens with zero attached hydrogens (tertiary/aromatic N) is 5. The Balaban J connectivity index is 1.83. The molecule has 166 valence electrons. The van der Waals surface area contributed by atoms with E-state index in [9.17, 15) is 9.18 Å². The van der Waals surface area contributed by atoms with Crippen LogP contribution in [0.25, 0.3) is 5.78 Å². The van der Waals surface area contributed by atoms with Crippen molar-refractivity contribution < 1.29 is 9.18 Å². The second kappa shape index (κ2) is 10.4. The molecule has 6 nitrogen and oxygen atoms in total. The molecular formula is C22H27ClFN5OS. The number of amides is 1. The van der Waals surface area contributed by atoms with Gasteiger partial charge in [-0.15, -0.1) is 5.10 Å². The Kier molecular flexibility index (Phi) is 7.89. The van der Waals surface area contributed by atoms with Crippen LogP contribution in [0.5, 0.6) is 0 Å². The van der Waals surface area contributed by atoms with E-state index in [-0.39, 0.29) is 17.5 Å². The smallest absolute Gasteiger partial charge is 0.253 e. The lowest BCUT2D eigenvalue weighted by atomic mass is 10.0. The summed E-state index contributed by atoms with van der Waals surface area (Å²) in [5, 5.41) is 5.42. The second-order valence-corrected chi connectivity index (χ2v) is 8.76. The molecule has 1 aromatic carbocycles. The van der Waals surface area contributed by atoms with Gasteiger partial charge in [-0.1, -0.05) is 43.3 Å². The highest BCUT2D eigenvalue weighted by molar-refractivity contribution is 7.99.